The topological polar surface area (TPSA) is 57.7 Å². The van der Waals surface area contributed by atoms with Crippen LogP contribution in [0.2, 0.25) is 0 Å². The third-order valence-corrected chi connectivity index (χ3v) is 12.4. The second-order valence-electron chi connectivity index (χ2n) is 16.5. The lowest BCUT2D eigenvalue weighted by Gasteiger charge is -2.28. The molecule has 5 heteroatoms. The maximum atomic E-state index is 11.3. The van der Waals surface area contributed by atoms with Crippen LogP contribution >= 0.6 is 0 Å². The average molecular weight is 858 g/mol. The average Bonchev–Trinajstić information content (AvgIpc) is 3.75. The van der Waals surface area contributed by atoms with Gasteiger partial charge in [0.05, 0.1) is 39.4 Å². The van der Waals surface area contributed by atoms with Gasteiger partial charge >= 0.3 is 0 Å². The van der Waals surface area contributed by atoms with Crippen molar-refractivity contribution in [2.24, 2.45) is 0 Å². The Bertz CT molecular complexity index is 3530. The summed E-state index contributed by atoms with van der Waals surface area (Å²) >= 11 is 0. The molecule has 11 aromatic rings. The molecular weight excluding hydrogens is 815 g/mol. The smallest absolute Gasteiger partial charge is 0.160 e. The molecule has 0 amide bonds. The van der Waals surface area contributed by atoms with Gasteiger partial charge in [-0.05, 0) is 89.3 Å². The molecule has 0 N–H and O–H groups in total. The molecule has 0 atom stereocenters. The van der Waals surface area contributed by atoms with E-state index >= 15 is 0 Å². The van der Waals surface area contributed by atoms with Gasteiger partial charge in [-0.3, -0.25) is 0 Å². The van der Waals surface area contributed by atoms with Gasteiger partial charge in [-0.25, -0.2) is 9.97 Å². The maximum absolute atomic E-state index is 11.3. The molecule has 2 heterocycles. The van der Waals surface area contributed by atoms with Gasteiger partial charge in [0.25, 0.3) is 0 Å². The van der Waals surface area contributed by atoms with Crippen LogP contribution in [0.1, 0.15) is 22.3 Å². The molecule has 2 aromatic heterocycles. The summed E-state index contributed by atoms with van der Waals surface area (Å²) in [5.74, 6) is 0.619. The Morgan fingerprint density at radius 2 is 1.07 bits per heavy atom. The molecule has 0 spiro atoms. The van der Waals surface area contributed by atoms with Crippen molar-refractivity contribution < 1.29 is 0 Å². The van der Waals surface area contributed by atoms with Crippen LogP contribution in [0.3, 0.4) is 0 Å². The van der Waals surface area contributed by atoms with Gasteiger partial charge in [-0.2, -0.15) is 5.26 Å². The largest absolute Gasteiger partial charge is 0.308 e. The number of nitriles is 1. The zero-order chi connectivity index (χ0) is 45.1. The third kappa shape index (κ3) is 7.73. The van der Waals surface area contributed by atoms with E-state index in [0.29, 0.717) is 11.4 Å². The highest BCUT2D eigenvalue weighted by atomic mass is 15.2. The molecule has 0 aliphatic carbocycles. The van der Waals surface area contributed by atoms with Crippen molar-refractivity contribution in [3.63, 3.8) is 0 Å². The summed E-state index contributed by atoms with van der Waals surface area (Å²) in [4.78, 5) is 12.5. The first-order valence-corrected chi connectivity index (χ1v) is 22.5. The van der Waals surface area contributed by atoms with Crippen LogP contribution in [0.25, 0.3) is 84.7 Å². The van der Waals surface area contributed by atoms with Crippen molar-refractivity contribution in [1.82, 2.24) is 14.5 Å². The molecule has 9 aromatic carbocycles. The minimum absolute atomic E-state index is 0.516. The molecular formula is C62H43N5. The van der Waals surface area contributed by atoms with Crippen LogP contribution in [-0.2, 0) is 0 Å². The zero-order valence-electron chi connectivity index (χ0n) is 36.8. The molecule has 0 radical (unpaired) electrons. The van der Waals surface area contributed by atoms with Crippen LogP contribution in [0.15, 0.2) is 231 Å². The predicted molar refractivity (Wildman–Crippen MR) is 278 cm³/mol. The SMILES string of the molecule is Cc1ccccc1-c1cc(N(c2ccccc2)c2ccccc2)c2c(c1/C=C\c1ccccc1)c1ccccc1n2-c1ccc(-c2cc(-c3ccccc3)nc(-c3ccccc3)n2)cc1C#N. The van der Waals surface area contributed by atoms with E-state index in [0.717, 1.165) is 94.9 Å². The van der Waals surface area contributed by atoms with Crippen molar-refractivity contribution in [3.8, 4) is 56.8 Å². The fraction of sp³-hybridized carbons (Fsp3) is 0.0161. The number of benzene rings is 9. The number of rotatable bonds is 10. The van der Waals surface area contributed by atoms with E-state index in [2.05, 4.69) is 198 Å². The normalized spacial score (nSPS) is 11.3. The summed E-state index contributed by atoms with van der Waals surface area (Å²) < 4.78 is 2.30. The van der Waals surface area contributed by atoms with Crippen LogP contribution in [0.4, 0.5) is 17.1 Å². The number of aromatic nitrogens is 3. The van der Waals surface area contributed by atoms with E-state index in [1.54, 1.807) is 0 Å². The first-order chi connectivity index (χ1) is 33.1. The number of anilines is 3. The van der Waals surface area contributed by atoms with Gasteiger partial charge in [0.1, 0.15) is 6.07 Å². The van der Waals surface area contributed by atoms with Crippen LogP contribution in [-0.4, -0.2) is 14.5 Å². The molecule has 316 valence electrons. The Kier molecular flexibility index (Phi) is 10.8. The second-order valence-corrected chi connectivity index (χ2v) is 16.5. The Balaban J connectivity index is 1.23. The quantitative estimate of drug-likeness (QED) is 0.129. The number of aryl methyl sites for hydroxylation is 1. The zero-order valence-corrected chi connectivity index (χ0v) is 36.8. The van der Waals surface area contributed by atoms with E-state index in [1.807, 2.05) is 66.7 Å². The lowest BCUT2D eigenvalue weighted by Crippen LogP contribution is -2.12. The third-order valence-electron chi connectivity index (χ3n) is 12.4. The number of hydrogen-bond donors (Lipinski definition) is 0. The minimum atomic E-state index is 0.516. The highest BCUT2D eigenvalue weighted by Gasteiger charge is 2.27. The lowest BCUT2D eigenvalue weighted by atomic mass is 9.90. The fourth-order valence-corrected chi connectivity index (χ4v) is 9.24. The Labute approximate surface area is 390 Å². The Morgan fingerprint density at radius 3 is 1.73 bits per heavy atom. The fourth-order valence-electron chi connectivity index (χ4n) is 9.24. The maximum Gasteiger partial charge on any atom is 0.160 e. The summed E-state index contributed by atoms with van der Waals surface area (Å²) in [6.07, 6.45) is 4.48. The number of hydrogen-bond acceptors (Lipinski definition) is 4. The van der Waals surface area contributed by atoms with Gasteiger partial charge in [-0.15, -0.1) is 0 Å². The molecule has 67 heavy (non-hydrogen) atoms. The molecule has 5 nitrogen and oxygen atoms in total. The minimum Gasteiger partial charge on any atom is -0.308 e. The van der Waals surface area contributed by atoms with Crippen LogP contribution in [0, 0.1) is 18.3 Å². The van der Waals surface area contributed by atoms with Crippen LogP contribution in [0.5, 0.6) is 0 Å². The highest BCUT2D eigenvalue weighted by molar-refractivity contribution is 6.20. The molecule has 0 aliphatic rings. The monoisotopic (exact) mass is 857 g/mol. The van der Waals surface area contributed by atoms with E-state index in [9.17, 15) is 5.26 Å². The van der Waals surface area contributed by atoms with Gasteiger partial charge < -0.3 is 9.47 Å². The van der Waals surface area contributed by atoms with Gasteiger partial charge in [0.2, 0.25) is 0 Å². The highest BCUT2D eigenvalue weighted by Crippen LogP contribution is 2.49. The molecule has 11 rings (SSSR count). The van der Waals surface area contributed by atoms with Gasteiger partial charge in [-0.1, -0.05) is 188 Å². The first-order valence-electron chi connectivity index (χ1n) is 22.5. The van der Waals surface area contributed by atoms with Gasteiger partial charge in [0, 0.05) is 38.8 Å². The Hall–Kier alpha value is -9.11. The second kappa shape index (κ2) is 17.8. The molecule has 0 bridgehead atoms. The lowest BCUT2D eigenvalue weighted by molar-refractivity contribution is 1.15. The molecule has 0 unspecified atom stereocenters. The van der Waals surface area contributed by atoms with E-state index in [4.69, 9.17) is 9.97 Å². The Morgan fingerprint density at radius 1 is 0.507 bits per heavy atom. The summed E-state index contributed by atoms with van der Waals surface area (Å²) in [5, 5.41) is 13.5. The van der Waals surface area contributed by atoms with Crippen molar-refractivity contribution >= 4 is 51.0 Å². The molecule has 0 saturated carbocycles. The molecule has 0 aliphatic heterocycles. The first kappa shape index (κ1) is 40.7. The summed E-state index contributed by atoms with van der Waals surface area (Å²) in [5.41, 5.74) is 16.1. The van der Waals surface area contributed by atoms with E-state index in [1.165, 1.54) is 5.56 Å². The van der Waals surface area contributed by atoms with E-state index < -0.39 is 0 Å². The van der Waals surface area contributed by atoms with Crippen molar-refractivity contribution in [3.05, 3.63) is 253 Å². The van der Waals surface area contributed by atoms with E-state index in [-0.39, 0.29) is 0 Å². The van der Waals surface area contributed by atoms with Crippen molar-refractivity contribution in [1.29, 1.82) is 5.26 Å². The number of para-hydroxylation sites is 3. The molecule has 0 saturated heterocycles. The van der Waals surface area contributed by atoms with Crippen molar-refractivity contribution in [2.75, 3.05) is 4.90 Å². The number of fused-ring (bicyclic) bond motifs is 3. The van der Waals surface area contributed by atoms with Gasteiger partial charge in [0.15, 0.2) is 5.82 Å². The molecule has 0 fully saturated rings. The summed E-state index contributed by atoms with van der Waals surface area (Å²) in [6.45, 7) is 2.18. The van der Waals surface area contributed by atoms with Crippen LogP contribution < -0.4 is 4.90 Å². The van der Waals surface area contributed by atoms with Crippen molar-refractivity contribution in [2.45, 2.75) is 6.92 Å². The summed E-state index contributed by atoms with van der Waals surface area (Å²) in [7, 11) is 0. The summed E-state index contributed by atoms with van der Waals surface area (Å²) in [6, 6.07) is 82.2. The standard InChI is InChI=1S/C62H43N5/c1-43-21-17-18-32-51(43)54-40-59(66(49-28-13-5-14-29-49)50-30-15-6-16-31-50)61-60(52(54)37-35-44-22-7-2-8-23-44)53-33-19-20-34-58(53)67(61)57-38-36-47(39-48(57)42-63)56-41-55(45-24-9-3-10-25-45)64-62(65-56)46-26-11-4-12-27-46/h2-41H,1H3/b37-35-. The predicted octanol–water partition coefficient (Wildman–Crippen LogP) is 16.1. The number of nitrogens with zero attached hydrogens (tertiary/aromatic N) is 5.